The van der Waals surface area contributed by atoms with Gasteiger partial charge in [-0.3, -0.25) is 23.7 Å². The minimum atomic E-state index is -4.30. The van der Waals surface area contributed by atoms with Gasteiger partial charge in [-0.05, 0) is 32.9 Å². The van der Waals surface area contributed by atoms with Crippen LogP contribution in [0.15, 0.2) is 46.1 Å². The molecule has 2 saturated heterocycles. The van der Waals surface area contributed by atoms with E-state index in [-0.39, 0.29) is 12.4 Å². The number of para-hydroxylation sites is 1. The van der Waals surface area contributed by atoms with Gasteiger partial charge in [0.25, 0.3) is 5.56 Å². The normalized spacial score (nSPS) is 27.1. The fourth-order valence-electron chi connectivity index (χ4n) is 3.92. The van der Waals surface area contributed by atoms with E-state index in [2.05, 4.69) is 5.09 Å². The Morgan fingerprint density at radius 1 is 1.32 bits per heavy atom. The lowest BCUT2D eigenvalue weighted by Crippen LogP contribution is -2.46. The Morgan fingerprint density at radius 2 is 2.03 bits per heavy atom. The number of aliphatic hydroxyl groups excluding tert-OH is 1. The number of benzene rings is 1. The first-order chi connectivity index (χ1) is 17.4. The van der Waals surface area contributed by atoms with Crippen molar-refractivity contribution in [1.29, 1.82) is 0 Å². The molecule has 1 aromatic heterocycles. The number of fused-ring (bicyclic) bond motifs is 2. The lowest BCUT2D eigenvalue weighted by molar-refractivity contribution is -0.185. The van der Waals surface area contributed by atoms with Crippen molar-refractivity contribution in [2.24, 2.45) is 0 Å². The fraction of sp³-hybridized carbons (Fsp3) is 0.500. The van der Waals surface area contributed by atoms with Crippen molar-refractivity contribution in [3.05, 3.63) is 63.2 Å². The van der Waals surface area contributed by atoms with Crippen LogP contribution in [0.25, 0.3) is 0 Å². The maximum atomic E-state index is 13.8. The zero-order valence-corrected chi connectivity index (χ0v) is 21.1. The molecule has 2 aliphatic rings. The van der Waals surface area contributed by atoms with Crippen LogP contribution in [0, 0.1) is 5.82 Å². The van der Waals surface area contributed by atoms with Crippen molar-refractivity contribution >= 4 is 13.7 Å². The number of aliphatic hydroxyl groups is 1. The van der Waals surface area contributed by atoms with E-state index < -0.39 is 73.6 Å². The van der Waals surface area contributed by atoms with E-state index in [1.807, 2.05) is 4.98 Å². The van der Waals surface area contributed by atoms with Crippen LogP contribution in [-0.4, -0.2) is 63.8 Å². The summed E-state index contributed by atoms with van der Waals surface area (Å²) in [6.45, 7) is 3.95. The van der Waals surface area contributed by atoms with E-state index in [1.54, 1.807) is 32.0 Å². The molecule has 1 aromatic carbocycles. The first-order valence-electron chi connectivity index (χ1n) is 11.4. The first kappa shape index (κ1) is 27.2. The molecule has 3 N–H and O–H groups in total. The van der Waals surface area contributed by atoms with Crippen LogP contribution in [-0.2, 0) is 28.1 Å². The highest BCUT2D eigenvalue weighted by atomic mass is 31.2. The second-order valence-corrected chi connectivity index (χ2v) is 10.6. The van der Waals surface area contributed by atoms with Gasteiger partial charge in [0.2, 0.25) is 5.82 Å². The van der Waals surface area contributed by atoms with Crippen molar-refractivity contribution in [2.45, 2.75) is 57.0 Å². The Kier molecular flexibility index (Phi) is 7.70. The summed E-state index contributed by atoms with van der Waals surface area (Å²) in [5, 5.41) is 13.4. The Labute approximate surface area is 210 Å². The third-order valence-corrected chi connectivity index (χ3v) is 7.33. The summed E-state index contributed by atoms with van der Waals surface area (Å²) in [7, 11) is -4.30. The molecule has 2 fully saturated rings. The van der Waals surface area contributed by atoms with Gasteiger partial charge in [-0.2, -0.15) is 9.48 Å². The minimum absolute atomic E-state index is 0.168. The van der Waals surface area contributed by atoms with E-state index in [9.17, 15) is 28.4 Å². The minimum Gasteiger partial charge on any atom is -0.462 e. The molecule has 0 saturated carbocycles. The molecule has 6 atom stereocenters. The Morgan fingerprint density at radius 3 is 2.70 bits per heavy atom. The molecule has 4 rings (SSSR count). The number of aromatic amines is 1. The summed E-state index contributed by atoms with van der Waals surface area (Å²) in [5.41, 5.74) is -3.81. The summed E-state index contributed by atoms with van der Waals surface area (Å²) < 4.78 is 56.0. The van der Waals surface area contributed by atoms with Crippen molar-refractivity contribution in [3.8, 4) is 5.75 Å². The number of nitrogens with zero attached hydrogens (tertiary/aromatic N) is 1. The second-order valence-electron chi connectivity index (χ2n) is 8.95. The maximum absolute atomic E-state index is 13.8. The lowest BCUT2D eigenvalue weighted by atomic mass is 10.0. The third kappa shape index (κ3) is 5.69. The SMILES string of the molecule is CC(C)OC(=O)[C@@H](C)N[P@](=O)(OC[C@@]12CO[C@@H]([C@H](n3cc(F)c(=O)[nH]c3=O)O1)[C@@H]2O)Oc1ccccc1. The van der Waals surface area contributed by atoms with E-state index in [1.165, 1.54) is 19.1 Å². The third-order valence-electron chi connectivity index (χ3n) is 5.71. The molecule has 2 bridgehead atoms. The number of hydrogen-bond acceptors (Lipinski definition) is 10. The fourth-order valence-corrected chi connectivity index (χ4v) is 5.46. The summed E-state index contributed by atoms with van der Waals surface area (Å²) >= 11 is 0. The van der Waals surface area contributed by atoms with E-state index in [0.717, 1.165) is 4.57 Å². The Bertz CT molecular complexity index is 1300. The van der Waals surface area contributed by atoms with Crippen molar-refractivity contribution < 1.29 is 42.1 Å². The Balaban J connectivity index is 1.55. The monoisotopic (exact) mass is 543 g/mol. The van der Waals surface area contributed by atoms with Gasteiger partial charge in [0.15, 0.2) is 6.23 Å². The number of rotatable bonds is 10. The number of hydrogen-bond donors (Lipinski definition) is 3. The molecule has 2 aromatic rings. The van der Waals surface area contributed by atoms with Crippen LogP contribution in [0.4, 0.5) is 4.39 Å². The first-order valence-corrected chi connectivity index (χ1v) is 12.9. The summed E-state index contributed by atoms with van der Waals surface area (Å²) in [6, 6.07) is 6.94. The molecule has 0 spiro atoms. The predicted molar refractivity (Wildman–Crippen MR) is 124 cm³/mol. The van der Waals surface area contributed by atoms with E-state index in [4.69, 9.17) is 23.3 Å². The van der Waals surface area contributed by atoms with Gasteiger partial charge in [-0.1, -0.05) is 18.2 Å². The highest BCUT2D eigenvalue weighted by molar-refractivity contribution is 7.52. The molecule has 0 unspecified atom stereocenters. The number of nitrogens with one attached hydrogen (secondary N) is 2. The van der Waals surface area contributed by atoms with Crippen LogP contribution >= 0.6 is 7.75 Å². The number of carbonyl (C=O) groups excluding carboxylic acids is 1. The molecule has 2 aliphatic heterocycles. The van der Waals surface area contributed by atoms with Gasteiger partial charge < -0.3 is 23.8 Å². The number of H-pyrrole nitrogens is 1. The number of carbonyl (C=O) groups is 1. The summed E-state index contributed by atoms with van der Waals surface area (Å²) in [4.78, 5) is 37.7. The van der Waals surface area contributed by atoms with Gasteiger partial charge in [0.05, 0.1) is 25.5 Å². The van der Waals surface area contributed by atoms with Crippen LogP contribution in [0.3, 0.4) is 0 Å². The van der Waals surface area contributed by atoms with E-state index >= 15 is 0 Å². The standard InChI is InChI=1S/C22H27FN3O10P/c1-12(2)34-20(29)13(3)25-37(31,36-14-7-5-4-6-8-14)33-11-22-10-32-16(17(22)27)19(35-22)26-9-15(23)18(28)24-21(26)30/h4-9,12-13,16-17,19,27H,10-11H2,1-3H3,(H,25,31)(H,24,28,30)/t13-,16-,17+,19-,22-,37+/m1/s1. The largest absolute Gasteiger partial charge is 0.462 e. The highest BCUT2D eigenvalue weighted by Gasteiger charge is 2.63. The van der Waals surface area contributed by atoms with Crippen molar-refractivity contribution in [2.75, 3.05) is 13.2 Å². The summed E-state index contributed by atoms with van der Waals surface area (Å²) in [5.74, 6) is -1.77. The van der Waals surface area contributed by atoms with Crippen molar-refractivity contribution in [1.82, 2.24) is 14.6 Å². The average Bonchev–Trinajstić information content (AvgIpc) is 3.29. The van der Waals surface area contributed by atoms with Crippen LogP contribution in [0.2, 0.25) is 0 Å². The molecule has 37 heavy (non-hydrogen) atoms. The van der Waals surface area contributed by atoms with Gasteiger partial charge in [-0.25, -0.2) is 9.36 Å². The van der Waals surface area contributed by atoms with Crippen LogP contribution in [0.1, 0.15) is 27.0 Å². The van der Waals surface area contributed by atoms with Crippen LogP contribution in [0.5, 0.6) is 5.75 Å². The van der Waals surface area contributed by atoms with Crippen molar-refractivity contribution in [3.63, 3.8) is 0 Å². The number of esters is 1. The molecule has 0 radical (unpaired) electrons. The van der Waals surface area contributed by atoms with Gasteiger partial charge >= 0.3 is 19.4 Å². The number of aromatic nitrogens is 2. The molecule has 202 valence electrons. The van der Waals surface area contributed by atoms with Gasteiger partial charge in [0, 0.05) is 0 Å². The van der Waals surface area contributed by atoms with E-state index in [0.29, 0.717) is 6.20 Å². The molecule has 3 heterocycles. The molecule has 13 nitrogen and oxygen atoms in total. The smallest absolute Gasteiger partial charge is 0.459 e. The zero-order chi connectivity index (χ0) is 27.0. The highest BCUT2D eigenvalue weighted by Crippen LogP contribution is 2.50. The quantitative estimate of drug-likeness (QED) is 0.287. The predicted octanol–water partition coefficient (Wildman–Crippen LogP) is 0.836. The molecule has 0 amide bonds. The van der Waals surface area contributed by atoms with Gasteiger partial charge in [-0.15, -0.1) is 0 Å². The number of halogens is 1. The molecule has 0 aliphatic carbocycles. The topological polar surface area (TPSA) is 167 Å². The Hall–Kier alpha value is -2.87. The molecular formula is C22H27FN3O10P. The molecule has 15 heteroatoms. The van der Waals surface area contributed by atoms with Gasteiger partial charge in [0.1, 0.15) is 29.6 Å². The molecular weight excluding hydrogens is 516 g/mol. The second kappa shape index (κ2) is 10.5. The lowest BCUT2D eigenvalue weighted by Gasteiger charge is -2.32. The van der Waals surface area contributed by atoms with Crippen LogP contribution < -0.4 is 20.9 Å². The average molecular weight is 543 g/mol. The summed E-state index contributed by atoms with van der Waals surface area (Å²) in [6.07, 6.45) is -3.58. The number of ether oxygens (including phenoxy) is 3. The zero-order valence-electron chi connectivity index (χ0n) is 20.2. The maximum Gasteiger partial charge on any atom is 0.459 e.